The Morgan fingerprint density at radius 1 is 1.06 bits per heavy atom. The van der Waals surface area contributed by atoms with E-state index in [1.807, 2.05) is 13.0 Å². The summed E-state index contributed by atoms with van der Waals surface area (Å²) < 4.78 is 26.7. The second kappa shape index (κ2) is 3.49. The van der Waals surface area contributed by atoms with Crippen molar-refractivity contribution in [2.75, 3.05) is 4.72 Å². The summed E-state index contributed by atoms with van der Waals surface area (Å²) in [6.07, 6.45) is 0. The summed E-state index contributed by atoms with van der Waals surface area (Å²) in [6.45, 7) is 1.85. The molecule has 0 unspecified atom stereocenters. The van der Waals surface area contributed by atoms with Gasteiger partial charge in [-0.05, 0) is 30.7 Å². The molecule has 0 bridgehead atoms. The maximum Gasteiger partial charge on any atom is 0.262 e. The van der Waals surface area contributed by atoms with Crippen molar-refractivity contribution in [1.82, 2.24) is 0 Å². The highest BCUT2D eigenvalue weighted by Gasteiger charge is 2.27. The van der Waals surface area contributed by atoms with Gasteiger partial charge in [0.05, 0.1) is 10.6 Å². The molecule has 0 fully saturated rings. The zero-order valence-corrected chi connectivity index (χ0v) is 10.5. The minimum atomic E-state index is -3.56. The first-order valence-electron chi connectivity index (χ1n) is 5.44. The number of hydrogen-bond donors (Lipinski definition) is 2. The molecule has 3 rings (SSSR count). The lowest BCUT2D eigenvalue weighted by Crippen LogP contribution is -2.18. The van der Waals surface area contributed by atoms with E-state index in [2.05, 4.69) is 4.72 Å². The molecular weight excluding hydrogens is 250 g/mol. The van der Waals surface area contributed by atoms with E-state index in [1.165, 1.54) is 6.07 Å². The zero-order chi connectivity index (χ0) is 12.9. The van der Waals surface area contributed by atoms with Gasteiger partial charge in [0.25, 0.3) is 10.0 Å². The van der Waals surface area contributed by atoms with Gasteiger partial charge in [0.1, 0.15) is 5.75 Å². The smallest absolute Gasteiger partial charge is 0.262 e. The lowest BCUT2D eigenvalue weighted by atomic mass is 10.0. The van der Waals surface area contributed by atoms with E-state index in [0.717, 1.165) is 11.1 Å². The van der Waals surface area contributed by atoms with Crippen LogP contribution in [0.15, 0.2) is 41.3 Å². The quantitative estimate of drug-likeness (QED) is 0.765. The third-order valence-corrected chi connectivity index (χ3v) is 4.37. The van der Waals surface area contributed by atoms with Crippen LogP contribution in [0.4, 0.5) is 5.69 Å². The minimum Gasteiger partial charge on any atom is -0.508 e. The Morgan fingerprint density at radius 3 is 2.56 bits per heavy atom. The number of fused-ring (bicyclic) bond motifs is 3. The maximum absolute atomic E-state index is 12.1. The van der Waals surface area contributed by atoms with Crippen molar-refractivity contribution in [3.8, 4) is 16.9 Å². The van der Waals surface area contributed by atoms with Crippen molar-refractivity contribution in [3.05, 3.63) is 42.0 Å². The van der Waals surface area contributed by atoms with Crippen molar-refractivity contribution < 1.29 is 13.5 Å². The van der Waals surface area contributed by atoms with E-state index >= 15 is 0 Å². The van der Waals surface area contributed by atoms with Crippen LogP contribution in [0, 0.1) is 6.92 Å². The average Bonchev–Trinajstić information content (AvgIpc) is 2.28. The fourth-order valence-corrected chi connectivity index (χ4v) is 3.50. The molecule has 0 atom stereocenters. The van der Waals surface area contributed by atoms with Gasteiger partial charge in [0.15, 0.2) is 0 Å². The molecule has 0 radical (unpaired) electrons. The van der Waals surface area contributed by atoms with Crippen LogP contribution in [0.3, 0.4) is 0 Å². The van der Waals surface area contributed by atoms with Crippen molar-refractivity contribution in [3.63, 3.8) is 0 Å². The van der Waals surface area contributed by atoms with E-state index in [0.29, 0.717) is 11.3 Å². The molecule has 2 aromatic rings. The Labute approximate surface area is 105 Å². The number of hydrogen-bond acceptors (Lipinski definition) is 3. The molecule has 0 saturated carbocycles. The Morgan fingerprint density at radius 2 is 1.78 bits per heavy atom. The number of benzene rings is 2. The lowest BCUT2D eigenvalue weighted by molar-refractivity contribution is 0.475. The summed E-state index contributed by atoms with van der Waals surface area (Å²) in [5.74, 6) is 0.0343. The third kappa shape index (κ3) is 1.55. The summed E-state index contributed by atoms with van der Waals surface area (Å²) >= 11 is 0. The Bertz CT molecular complexity index is 751. The third-order valence-electron chi connectivity index (χ3n) is 2.96. The number of sulfonamides is 1. The van der Waals surface area contributed by atoms with Crippen molar-refractivity contribution in [2.45, 2.75) is 11.8 Å². The predicted molar refractivity (Wildman–Crippen MR) is 69.1 cm³/mol. The first-order valence-corrected chi connectivity index (χ1v) is 6.92. The molecule has 0 spiro atoms. The van der Waals surface area contributed by atoms with Crippen LogP contribution in [0.25, 0.3) is 11.1 Å². The molecule has 1 aliphatic rings. The highest BCUT2D eigenvalue weighted by molar-refractivity contribution is 7.93. The molecule has 0 saturated heterocycles. The van der Waals surface area contributed by atoms with E-state index in [4.69, 9.17) is 0 Å². The standard InChI is InChI=1S/C13H11NO3S/c1-8-2-4-11-10-5-3-9(15)7-12(10)14-18(16,17)13(11)6-8/h2-7,14-15H,1H3. The number of phenols is 1. The molecule has 1 aliphatic heterocycles. The second-order valence-corrected chi connectivity index (χ2v) is 5.99. The highest BCUT2D eigenvalue weighted by atomic mass is 32.2. The van der Waals surface area contributed by atoms with E-state index in [1.54, 1.807) is 24.3 Å². The van der Waals surface area contributed by atoms with Gasteiger partial charge in [-0.25, -0.2) is 8.42 Å². The molecule has 0 aromatic heterocycles. The number of rotatable bonds is 0. The van der Waals surface area contributed by atoms with Gasteiger partial charge in [-0.15, -0.1) is 0 Å². The SMILES string of the molecule is Cc1ccc2c(c1)S(=O)(=O)Nc1cc(O)ccc1-2. The molecule has 4 nitrogen and oxygen atoms in total. The topological polar surface area (TPSA) is 66.4 Å². The fraction of sp³-hybridized carbons (Fsp3) is 0.0769. The predicted octanol–water partition coefficient (Wildman–Crippen LogP) is 2.48. The Balaban J connectivity index is 2.39. The monoisotopic (exact) mass is 261 g/mol. The summed E-state index contributed by atoms with van der Waals surface area (Å²) in [5, 5.41) is 9.42. The summed E-state index contributed by atoms with van der Waals surface area (Å²) in [5.41, 5.74) is 2.74. The molecular formula is C13H11NO3S. The van der Waals surface area contributed by atoms with Crippen LogP contribution in [-0.2, 0) is 10.0 Å². The average molecular weight is 261 g/mol. The van der Waals surface area contributed by atoms with Crippen molar-refractivity contribution in [2.24, 2.45) is 0 Å². The van der Waals surface area contributed by atoms with Gasteiger partial charge in [0.2, 0.25) is 0 Å². The number of anilines is 1. The van der Waals surface area contributed by atoms with Crippen LogP contribution in [-0.4, -0.2) is 13.5 Å². The normalized spacial score (nSPS) is 15.4. The fourth-order valence-electron chi connectivity index (χ4n) is 2.13. The molecule has 2 aromatic carbocycles. The summed E-state index contributed by atoms with van der Waals surface area (Å²) in [7, 11) is -3.56. The van der Waals surface area contributed by atoms with E-state index in [-0.39, 0.29) is 10.6 Å². The molecule has 0 amide bonds. The first kappa shape index (κ1) is 11.1. The number of phenolic OH excluding ortho intramolecular Hbond substituents is 1. The largest absolute Gasteiger partial charge is 0.508 e. The first-order chi connectivity index (χ1) is 8.47. The molecule has 0 aliphatic carbocycles. The number of nitrogens with one attached hydrogen (secondary N) is 1. The lowest BCUT2D eigenvalue weighted by Gasteiger charge is -2.21. The Hall–Kier alpha value is -2.01. The highest BCUT2D eigenvalue weighted by Crippen LogP contribution is 2.40. The molecule has 2 N–H and O–H groups in total. The number of aryl methyl sites for hydroxylation is 1. The molecule has 5 heteroatoms. The minimum absolute atomic E-state index is 0.0343. The van der Waals surface area contributed by atoms with Crippen LogP contribution >= 0.6 is 0 Å². The van der Waals surface area contributed by atoms with Crippen LogP contribution < -0.4 is 4.72 Å². The van der Waals surface area contributed by atoms with Gasteiger partial charge >= 0.3 is 0 Å². The van der Waals surface area contributed by atoms with E-state index < -0.39 is 10.0 Å². The van der Waals surface area contributed by atoms with Gasteiger partial charge in [0, 0.05) is 17.2 Å². The van der Waals surface area contributed by atoms with Crippen molar-refractivity contribution >= 4 is 15.7 Å². The summed E-state index contributed by atoms with van der Waals surface area (Å²) in [4.78, 5) is 0.278. The second-order valence-electron chi connectivity index (χ2n) is 4.33. The van der Waals surface area contributed by atoms with Crippen LogP contribution in [0.5, 0.6) is 5.75 Å². The van der Waals surface area contributed by atoms with Gasteiger partial charge in [-0.1, -0.05) is 12.1 Å². The van der Waals surface area contributed by atoms with Gasteiger partial charge in [-0.3, -0.25) is 4.72 Å². The van der Waals surface area contributed by atoms with Gasteiger partial charge < -0.3 is 5.11 Å². The van der Waals surface area contributed by atoms with Crippen LogP contribution in [0.2, 0.25) is 0 Å². The van der Waals surface area contributed by atoms with E-state index in [9.17, 15) is 13.5 Å². The zero-order valence-electron chi connectivity index (χ0n) is 9.64. The maximum atomic E-state index is 12.1. The molecule has 1 heterocycles. The molecule has 18 heavy (non-hydrogen) atoms. The summed E-state index contributed by atoms with van der Waals surface area (Å²) in [6, 6.07) is 9.97. The Kier molecular flexibility index (Phi) is 2.15. The number of aromatic hydroxyl groups is 1. The van der Waals surface area contributed by atoms with Crippen molar-refractivity contribution in [1.29, 1.82) is 0 Å². The van der Waals surface area contributed by atoms with Crippen LogP contribution in [0.1, 0.15) is 5.56 Å². The van der Waals surface area contributed by atoms with Gasteiger partial charge in [-0.2, -0.15) is 0 Å². The molecule has 92 valence electrons.